The van der Waals surface area contributed by atoms with Crippen LogP contribution in [0.3, 0.4) is 0 Å². The molecule has 0 spiro atoms. The van der Waals surface area contributed by atoms with E-state index in [0.717, 1.165) is 16.9 Å². The van der Waals surface area contributed by atoms with Gasteiger partial charge in [-0.05, 0) is 48.6 Å². The first-order chi connectivity index (χ1) is 15.4. The zero-order chi connectivity index (χ0) is 23.1. The number of hydrogen-bond acceptors (Lipinski definition) is 3. The van der Waals surface area contributed by atoms with Crippen LogP contribution in [-0.4, -0.2) is 34.2 Å². The Balaban J connectivity index is 1.83. The summed E-state index contributed by atoms with van der Waals surface area (Å²) in [6, 6.07) is 18.6. The maximum atomic E-state index is 13.5. The number of benzene rings is 2. The van der Waals surface area contributed by atoms with Gasteiger partial charge < -0.3 is 9.80 Å². The van der Waals surface area contributed by atoms with Crippen molar-refractivity contribution in [3.8, 4) is 0 Å². The smallest absolute Gasteiger partial charge is 0.254 e. The van der Waals surface area contributed by atoms with Crippen molar-refractivity contribution in [2.75, 3.05) is 6.54 Å². The SMILES string of the molecule is CCC(C)N(CC(=O)N(Cc1ccccc1)Cc1cccs1)C(=O)c1ccc(Cl)c(Cl)c1. The molecule has 1 atom stereocenters. The molecule has 3 aromatic rings. The summed E-state index contributed by atoms with van der Waals surface area (Å²) in [5.41, 5.74) is 1.46. The highest BCUT2D eigenvalue weighted by atomic mass is 35.5. The maximum absolute atomic E-state index is 13.5. The van der Waals surface area contributed by atoms with E-state index >= 15 is 0 Å². The van der Waals surface area contributed by atoms with Crippen molar-refractivity contribution in [3.05, 3.63) is 92.1 Å². The maximum Gasteiger partial charge on any atom is 0.254 e. The summed E-state index contributed by atoms with van der Waals surface area (Å²) in [5, 5.41) is 2.70. The van der Waals surface area contributed by atoms with Gasteiger partial charge in [0.05, 0.1) is 16.6 Å². The zero-order valence-electron chi connectivity index (χ0n) is 18.1. The summed E-state index contributed by atoms with van der Waals surface area (Å²) in [6.07, 6.45) is 0.726. The van der Waals surface area contributed by atoms with Gasteiger partial charge in [0.15, 0.2) is 0 Å². The van der Waals surface area contributed by atoms with Gasteiger partial charge in [-0.25, -0.2) is 0 Å². The van der Waals surface area contributed by atoms with Crippen molar-refractivity contribution in [1.29, 1.82) is 0 Å². The Labute approximate surface area is 203 Å². The highest BCUT2D eigenvalue weighted by molar-refractivity contribution is 7.09. The van der Waals surface area contributed by atoms with Crippen LogP contribution < -0.4 is 0 Å². The first-order valence-electron chi connectivity index (χ1n) is 10.5. The van der Waals surface area contributed by atoms with Crippen LogP contribution in [0.5, 0.6) is 0 Å². The van der Waals surface area contributed by atoms with Gasteiger partial charge in [-0.1, -0.05) is 66.5 Å². The molecule has 1 heterocycles. The molecule has 0 radical (unpaired) electrons. The number of nitrogens with zero attached hydrogens (tertiary/aromatic N) is 2. The Morgan fingerprint density at radius 1 is 0.969 bits per heavy atom. The second kappa shape index (κ2) is 11.5. The first kappa shape index (κ1) is 24.3. The van der Waals surface area contributed by atoms with E-state index in [1.807, 2.05) is 61.7 Å². The predicted octanol–water partition coefficient (Wildman–Crippen LogP) is 6.52. The van der Waals surface area contributed by atoms with E-state index in [1.54, 1.807) is 39.3 Å². The zero-order valence-corrected chi connectivity index (χ0v) is 20.5. The molecule has 0 N–H and O–H groups in total. The molecule has 0 saturated heterocycles. The molecule has 0 aliphatic heterocycles. The van der Waals surface area contributed by atoms with Gasteiger partial charge in [-0.2, -0.15) is 0 Å². The molecule has 1 aromatic heterocycles. The van der Waals surface area contributed by atoms with Crippen LogP contribution in [-0.2, 0) is 17.9 Å². The summed E-state index contributed by atoms with van der Waals surface area (Å²) in [7, 11) is 0. The lowest BCUT2D eigenvalue weighted by molar-refractivity contribution is -0.133. The van der Waals surface area contributed by atoms with Gasteiger partial charge >= 0.3 is 0 Å². The van der Waals surface area contributed by atoms with Gasteiger partial charge in [-0.3, -0.25) is 9.59 Å². The largest absolute Gasteiger partial charge is 0.332 e. The van der Waals surface area contributed by atoms with Gasteiger partial charge in [0.25, 0.3) is 5.91 Å². The molecule has 0 aliphatic rings. The standard InChI is InChI=1S/C25H26Cl2N2O2S/c1-3-18(2)29(25(31)20-11-12-22(26)23(27)14-20)17-24(30)28(16-21-10-7-13-32-21)15-19-8-5-4-6-9-19/h4-14,18H,3,15-17H2,1-2H3. The Hall–Kier alpha value is -2.34. The minimum atomic E-state index is -0.234. The summed E-state index contributed by atoms with van der Waals surface area (Å²) in [5.74, 6) is -0.335. The molecule has 7 heteroatoms. The highest BCUT2D eigenvalue weighted by Crippen LogP contribution is 2.24. The van der Waals surface area contributed by atoms with Crippen molar-refractivity contribution in [1.82, 2.24) is 9.80 Å². The predicted molar refractivity (Wildman–Crippen MR) is 132 cm³/mol. The van der Waals surface area contributed by atoms with Gasteiger partial charge in [0, 0.05) is 23.0 Å². The van der Waals surface area contributed by atoms with Crippen molar-refractivity contribution in [2.45, 2.75) is 39.4 Å². The molecule has 168 valence electrons. The van der Waals surface area contributed by atoms with Crippen LogP contribution in [0.4, 0.5) is 0 Å². The molecular weight excluding hydrogens is 463 g/mol. The van der Waals surface area contributed by atoms with Crippen molar-refractivity contribution in [2.24, 2.45) is 0 Å². The summed E-state index contributed by atoms with van der Waals surface area (Å²) in [6.45, 7) is 4.92. The minimum Gasteiger partial charge on any atom is -0.332 e. The number of hydrogen-bond donors (Lipinski definition) is 0. The average Bonchev–Trinajstić information content (AvgIpc) is 3.31. The van der Waals surface area contributed by atoms with Crippen molar-refractivity contribution < 1.29 is 9.59 Å². The number of carbonyl (C=O) groups excluding carboxylic acids is 2. The Kier molecular flexibility index (Phi) is 8.74. The number of amides is 2. The van der Waals surface area contributed by atoms with Crippen LogP contribution in [0.2, 0.25) is 10.0 Å². The lowest BCUT2D eigenvalue weighted by atomic mass is 10.1. The molecule has 0 aliphatic carbocycles. The van der Waals surface area contributed by atoms with E-state index in [-0.39, 0.29) is 24.4 Å². The molecule has 0 saturated carbocycles. The first-order valence-corrected chi connectivity index (χ1v) is 12.1. The number of thiophene rings is 1. The van der Waals surface area contributed by atoms with Gasteiger partial charge in [-0.15, -0.1) is 11.3 Å². The fourth-order valence-corrected chi connectivity index (χ4v) is 4.33. The Bertz CT molecular complexity index is 1040. The van der Waals surface area contributed by atoms with Crippen LogP contribution >= 0.6 is 34.5 Å². The van der Waals surface area contributed by atoms with Crippen molar-refractivity contribution >= 4 is 46.4 Å². The number of rotatable bonds is 9. The van der Waals surface area contributed by atoms with E-state index in [4.69, 9.17) is 23.2 Å². The lowest BCUT2D eigenvalue weighted by Crippen LogP contribution is -2.46. The molecular formula is C25H26Cl2N2O2S. The van der Waals surface area contributed by atoms with Crippen LogP contribution in [0.25, 0.3) is 0 Å². The third-order valence-corrected chi connectivity index (χ3v) is 6.95. The average molecular weight is 489 g/mol. The van der Waals surface area contributed by atoms with E-state index in [0.29, 0.717) is 28.7 Å². The van der Waals surface area contributed by atoms with E-state index in [9.17, 15) is 9.59 Å². The lowest BCUT2D eigenvalue weighted by Gasteiger charge is -2.31. The molecule has 1 unspecified atom stereocenters. The minimum absolute atomic E-state index is 0.00764. The summed E-state index contributed by atoms with van der Waals surface area (Å²) >= 11 is 13.7. The summed E-state index contributed by atoms with van der Waals surface area (Å²) < 4.78 is 0. The van der Waals surface area contributed by atoms with Gasteiger partial charge in [0.1, 0.15) is 6.54 Å². The fourth-order valence-electron chi connectivity index (χ4n) is 3.32. The second-order valence-electron chi connectivity index (χ2n) is 7.63. The van der Waals surface area contributed by atoms with E-state index in [1.165, 1.54) is 0 Å². The molecule has 0 bridgehead atoms. The fraction of sp³-hybridized carbons (Fsp3) is 0.280. The quantitative estimate of drug-likeness (QED) is 0.343. The van der Waals surface area contributed by atoms with Crippen LogP contribution in [0.1, 0.15) is 41.1 Å². The van der Waals surface area contributed by atoms with E-state index in [2.05, 4.69) is 0 Å². The summed E-state index contributed by atoms with van der Waals surface area (Å²) in [4.78, 5) is 31.3. The Morgan fingerprint density at radius 3 is 2.34 bits per heavy atom. The normalized spacial score (nSPS) is 11.8. The van der Waals surface area contributed by atoms with Gasteiger partial charge in [0.2, 0.25) is 5.91 Å². The third-order valence-electron chi connectivity index (χ3n) is 5.35. The Morgan fingerprint density at radius 2 is 1.72 bits per heavy atom. The number of halogens is 2. The molecule has 3 rings (SSSR count). The molecule has 32 heavy (non-hydrogen) atoms. The van der Waals surface area contributed by atoms with Crippen LogP contribution in [0.15, 0.2) is 66.0 Å². The van der Waals surface area contributed by atoms with Crippen LogP contribution in [0, 0.1) is 0 Å². The molecule has 2 amide bonds. The molecule has 0 fully saturated rings. The second-order valence-corrected chi connectivity index (χ2v) is 9.48. The molecule has 4 nitrogen and oxygen atoms in total. The highest BCUT2D eigenvalue weighted by Gasteiger charge is 2.26. The monoisotopic (exact) mass is 488 g/mol. The number of carbonyl (C=O) groups is 2. The third kappa shape index (κ3) is 6.35. The molecule has 2 aromatic carbocycles. The van der Waals surface area contributed by atoms with Crippen molar-refractivity contribution in [3.63, 3.8) is 0 Å². The topological polar surface area (TPSA) is 40.6 Å². The van der Waals surface area contributed by atoms with E-state index < -0.39 is 0 Å².